The van der Waals surface area contributed by atoms with E-state index in [1.165, 1.54) is 0 Å². The number of anilines is 1. The molecule has 0 fully saturated rings. The fraction of sp³-hybridized carbons (Fsp3) is 0.412. The summed E-state index contributed by atoms with van der Waals surface area (Å²) in [6.45, 7) is 3.91. The van der Waals surface area contributed by atoms with Crippen molar-refractivity contribution in [3.05, 3.63) is 41.5 Å². The number of rotatable bonds is 2. The van der Waals surface area contributed by atoms with Gasteiger partial charge in [0.15, 0.2) is 5.96 Å². The maximum atomic E-state index is 12.0. The number of nitrogens with two attached hydrogens (primary N) is 1. The molecule has 2 rings (SSSR count). The molecule has 4 N–H and O–H groups in total. The minimum absolute atomic E-state index is 0. The molecule has 5 nitrogen and oxygen atoms in total. The Balaban J connectivity index is 0.00000264. The smallest absolute Gasteiger partial charge is 0.326 e. The van der Waals surface area contributed by atoms with Crippen LogP contribution in [0.2, 0.25) is 0 Å². The summed E-state index contributed by atoms with van der Waals surface area (Å²) < 4.78 is 0. The Labute approximate surface area is 143 Å². The lowest BCUT2D eigenvalue weighted by molar-refractivity contribution is 0.256. The van der Waals surface area contributed by atoms with Crippen molar-refractivity contribution in [3.63, 3.8) is 0 Å². The molecule has 0 radical (unpaired) electrons. The van der Waals surface area contributed by atoms with Gasteiger partial charge in [0.2, 0.25) is 0 Å². The van der Waals surface area contributed by atoms with Crippen LogP contribution in [0.15, 0.2) is 35.3 Å². The zero-order chi connectivity index (χ0) is 15.9. The zero-order valence-electron chi connectivity index (χ0n) is 13.6. The van der Waals surface area contributed by atoms with E-state index in [0.717, 1.165) is 42.5 Å². The van der Waals surface area contributed by atoms with E-state index in [1.54, 1.807) is 0 Å². The van der Waals surface area contributed by atoms with Crippen LogP contribution in [0.1, 0.15) is 36.8 Å². The highest BCUT2D eigenvalue weighted by molar-refractivity contribution is 6.02. The molecule has 2 amide bonds. The van der Waals surface area contributed by atoms with E-state index in [9.17, 15) is 4.79 Å². The molecule has 0 atom stereocenters. The Bertz CT molecular complexity index is 568. The number of nitrogens with one attached hydrogen (secondary N) is 2. The van der Waals surface area contributed by atoms with Gasteiger partial charge in [-0.15, -0.1) is 12.4 Å². The number of nitrogens with zero attached hydrogens (tertiary/aromatic N) is 1. The first-order valence-electron chi connectivity index (χ1n) is 7.68. The van der Waals surface area contributed by atoms with Gasteiger partial charge in [-0.2, -0.15) is 0 Å². The Morgan fingerprint density at radius 3 is 2.30 bits per heavy atom. The molecule has 0 unspecified atom stereocenters. The van der Waals surface area contributed by atoms with E-state index in [2.05, 4.69) is 27.8 Å². The average Bonchev–Trinajstić information content (AvgIpc) is 2.71. The molecule has 126 valence electrons. The van der Waals surface area contributed by atoms with Gasteiger partial charge in [0.05, 0.1) is 6.04 Å². The van der Waals surface area contributed by atoms with E-state index in [-0.39, 0.29) is 30.4 Å². The zero-order valence-corrected chi connectivity index (χ0v) is 14.5. The maximum Gasteiger partial charge on any atom is 0.326 e. The molecule has 0 bridgehead atoms. The first kappa shape index (κ1) is 19.0. The van der Waals surface area contributed by atoms with Crippen LogP contribution in [0.5, 0.6) is 0 Å². The first-order chi connectivity index (χ1) is 10.6. The Hall–Kier alpha value is -2.01. The summed E-state index contributed by atoms with van der Waals surface area (Å²) in [5.74, 6) is 0.177. The molecule has 1 aliphatic carbocycles. The van der Waals surface area contributed by atoms with Crippen molar-refractivity contribution in [2.45, 2.75) is 45.6 Å². The van der Waals surface area contributed by atoms with Crippen LogP contribution in [0.25, 0.3) is 0 Å². The maximum absolute atomic E-state index is 12.0. The predicted molar refractivity (Wildman–Crippen MR) is 98.3 cm³/mol. The second-order valence-electron chi connectivity index (χ2n) is 5.64. The molecule has 0 heterocycles. The van der Waals surface area contributed by atoms with Gasteiger partial charge in [-0.1, -0.05) is 30.4 Å². The topological polar surface area (TPSA) is 79.5 Å². The number of aliphatic imine (C=N–C) groups is 1. The molecular weight excluding hydrogens is 312 g/mol. The van der Waals surface area contributed by atoms with Crippen LogP contribution in [-0.2, 0) is 0 Å². The lowest BCUT2D eigenvalue weighted by Crippen LogP contribution is -2.40. The number of carbonyl (C=O) groups is 1. The van der Waals surface area contributed by atoms with Gasteiger partial charge in [-0.05, 0) is 50.7 Å². The van der Waals surface area contributed by atoms with Gasteiger partial charge in [-0.25, -0.2) is 9.79 Å². The number of aryl methyl sites for hydroxylation is 2. The van der Waals surface area contributed by atoms with Crippen LogP contribution in [0.4, 0.5) is 10.5 Å². The number of carbonyl (C=O) groups excluding carboxylic acids is 1. The second-order valence-corrected chi connectivity index (χ2v) is 5.64. The number of para-hydroxylation sites is 1. The largest absolute Gasteiger partial charge is 0.370 e. The minimum atomic E-state index is -0.356. The minimum Gasteiger partial charge on any atom is -0.370 e. The van der Waals surface area contributed by atoms with Gasteiger partial charge >= 0.3 is 6.03 Å². The standard InChI is InChI=1S/C17H24N4O.ClH/c1-12-8-7-9-13(2)15(12)20-17(22)21-16(18)19-14-10-5-3-4-6-11-14;/h3-4,7-9,14H,5-6,10-11H2,1-2H3,(H4,18,19,20,21,22);1H. The van der Waals surface area contributed by atoms with Crippen LogP contribution < -0.4 is 16.4 Å². The molecule has 0 saturated heterocycles. The Morgan fingerprint density at radius 2 is 1.74 bits per heavy atom. The molecule has 6 heteroatoms. The number of halogens is 1. The number of hydrogen-bond acceptors (Lipinski definition) is 2. The predicted octanol–water partition coefficient (Wildman–Crippen LogP) is 3.66. The number of benzene rings is 1. The van der Waals surface area contributed by atoms with Crippen molar-refractivity contribution in [1.29, 1.82) is 0 Å². The molecule has 0 aromatic heterocycles. The Kier molecular flexibility index (Phi) is 7.62. The number of guanidine groups is 1. The van der Waals surface area contributed by atoms with Crippen molar-refractivity contribution < 1.29 is 4.79 Å². The van der Waals surface area contributed by atoms with E-state index >= 15 is 0 Å². The average molecular weight is 337 g/mol. The summed E-state index contributed by atoms with van der Waals surface area (Å²) in [5.41, 5.74) is 8.68. The molecular formula is C17H25ClN4O. The third-order valence-electron chi connectivity index (χ3n) is 3.78. The van der Waals surface area contributed by atoms with Crippen molar-refractivity contribution in [2.24, 2.45) is 10.7 Å². The van der Waals surface area contributed by atoms with Crippen LogP contribution in [-0.4, -0.2) is 18.0 Å². The normalized spacial score (nSPS) is 15.5. The highest BCUT2D eigenvalue weighted by Crippen LogP contribution is 2.19. The van der Waals surface area contributed by atoms with E-state index in [1.807, 2.05) is 32.0 Å². The molecule has 23 heavy (non-hydrogen) atoms. The van der Waals surface area contributed by atoms with Crippen LogP contribution in [0.3, 0.4) is 0 Å². The van der Waals surface area contributed by atoms with Crippen LogP contribution >= 0.6 is 12.4 Å². The van der Waals surface area contributed by atoms with Gasteiger partial charge < -0.3 is 11.1 Å². The van der Waals surface area contributed by atoms with E-state index in [4.69, 9.17) is 5.73 Å². The third kappa shape index (κ3) is 5.94. The summed E-state index contributed by atoms with van der Waals surface area (Å²) in [6.07, 6.45) is 8.31. The Morgan fingerprint density at radius 1 is 1.17 bits per heavy atom. The SMILES string of the molecule is Cc1cccc(C)c1NC(=O)NC(N)=NC1CCC=CCC1.Cl. The summed E-state index contributed by atoms with van der Waals surface area (Å²) >= 11 is 0. The van der Waals surface area contributed by atoms with Gasteiger partial charge in [-0.3, -0.25) is 5.32 Å². The first-order valence-corrected chi connectivity index (χ1v) is 7.68. The van der Waals surface area contributed by atoms with Crippen molar-refractivity contribution >= 4 is 30.1 Å². The van der Waals surface area contributed by atoms with Crippen LogP contribution in [0, 0.1) is 13.8 Å². The second kappa shape index (κ2) is 9.20. The highest BCUT2D eigenvalue weighted by atomic mass is 35.5. The van der Waals surface area contributed by atoms with E-state index in [0.29, 0.717) is 0 Å². The number of amides is 2. The van der Waals surface area contributed by atoms with Crippen molar-refractivity contribution in [2.75, 3.05) is 5.32 Å². The van der Waals surface area contributed by atoms with Gasteiger partial charge in [0, 0.05) is 5.69 Å². The molecule has 1 aliphatic rings. The fourth-order valence-electron chi connectivity index (χ4n) is 2.59. The summed E-state index contributed by atoms with van der Waals surface area (Å²) in [6, 6.07) is 5.70. The quantitative estimate of drug-likeness (QED) is 0.437. The molecule has 0 spiro atoms. The number of hydrogen-bond donors (Lipinski definition) is 3. The fourth-order valence-corrected chi connectivity index (χ4v) is 2.59. The summed E-state index contributed by atoms with van der Waals surface area (Å²) in [5, 5.41) is 5.44. The molecule has 1 aromatic carbocycles. The van der Waals surface area contributed by atoms with Gasteiger partial charge in [0.1, 0.15) is 0 Å². The third-order valence-corrected chi connectivity index (χ3v) is 3.78. The molecule has 0 saturated carbocycles. The van der Waals surface area contributed by atoms with E-state index < -0.39 is 0 Å². The monoisotopic (exact) mass is 336 g/mol. The highest BCUT2D eigenvalue weighted by Gasteiger charge is 2.11. The molecule has 0 aliphatic heterocycles. The number of allylic oxidation sites excluding steroid dienone is 2. The van der Waals surface area contributed by atoms with Gasteiger partial charge in [0.25, 0.3) is 0 Å². The lowest BCUT2D eigenvalue weighted by atomic mass is 10.1. The summed E-state index contributed by atoms with van der Waals surface area (Å²) in [7, 11) is 0. The van der Waals surface area contributed by atoms with Crippen molar-refractivity contribution in [1.82, 2.24) is 5.32 Å². The summed E-state index contributed by atoms with van der Waals surface area (Å²) in [4.78, 5) is 16.4. The number of urea groups is 1. The molecule has 1 aromatic rings. The lowest BCUT2D eigenvalue weighted by Gasteiger charge is -2.13. The van der Waals surface area contributed by atoms with Crippen molar-refractivity contribution in [3.8, 4) is 0 Å².